The van der Waals surface area contributed by atoms with E-state index in [-0.39, 0.29) is 11.8 Å². The van der Waals surface area contributed by atoms with E-state index in [1.165, 1.54) is 0 Å². The predicted molar refractivity (Wildman–Crippen MR) is 73.1 cm³/mol. The molecule has 3 N–H and O–H groups in total. The molecule has 0 bridgehead atoms. The number of rotatable bonds is 8. The van der Waals surface area contributed by atoms with Gasteiger partial charge in [0, 0.05) is 26.1 Å². The summed E-state index contributed by atoms with van der Waals surface area (Å²) >= 11 is 0. The summed E-state index contributed by atoms with van der Waals surface area (Å²) in [7, 11) is 0. The first-order chi connectivity index (χ1) is 8.38. The van der Waals surface area contributed by atoms with Crippen molar-refractivity contribution in [3.63, 3.8) is 0 Å². The average Bonchev–Trinajstić information content (AvgIpc) is 2.30. The smallest absolute Gasteiger partial charge is 0.239 e. The van der Waals surface area contributed by atoms with Crippen molar-refractivity contribution in [3.8, 4) is 0 Å². The van der Waals surface area contributed by atoms with E-state index in [9.17, 15) is 9.59 Å². The molecule has 0 spiro atoms. The number of amides is 2. The molecule has 0 saturated heterocycles. The summed E-state index contributed by atoms with van der Waals surface area (Å²) in [4.78, 5) is 25.2. The molecule has 18 heavy (non-hydrogen) atoms. The molecule has 0 aromatic carbocycles. The van der Waals surface area contributed by atoms with E-state index < -0.39 is 5.54 Å². The van der Waals surface area contributed by atoms with Crippen LogP contribution in [0.4, 0.5) is 0 Å². The van der Waals surface area contributed by atoms with Gasteiger partial charge in [0.2, 0.25) is 11.8 Å². The van der Waals surface area contributed by atoms with Crippen molar-refractivity contribution >= 4 is 11.8 Å². The molecule has 0 aromatic heterocycles. The second-order valence-electron chi connectivity index (χ2n) is 4.74. The lowest BCUT2D eigenvalue weighted by Crippen LogP contribution is -2.52. The molecule has 0 aliphatic rings. The van der Waals surface area contributed by atoms with Crippen LogP contribution in [0.1, 0.15) is 47.0 Å². The second kappa shape index (κ2) is 8.08. The fraction of sp³-hybridized carbons (Fsp3) is 0.846. The summed E-state index contributed by atoms with van der Waals surface area (Å²) in [5, 5.41) is 2.73. The van der Waals surface area contributed by atoms with Crippen LogP contribution in [-0.2, 0) is 9.59 Å². The van der Waals surface area contributed by atoms with Gasteiger partial charge in [-0.1, -0.05) is 13.3 Å². The lowest BCUT2D eigenvalue weighted by molar-refractivity contribution is -0.131. The van der Waals surface area contributed by atoms with Gasteiger partial charge in [0.25, 0.3) is 0 Å². The van der Waals surface area contributed by atoms with E-state index >= 15 is 0 Å². The lowest BCUT2D eigenvalue weighted by Gasteiger charge is -2.23. The van der Waals surface area contributed by atoms with Crippen LogP contribution in [0.15, 0.2) is 0 Å². The van der Waals surface area contributed by atoms with Gasteiger partial charge in [-0.2, -0.15) is 0 Å². The Kier molecular flexibility index (Phi) is 7.59. The number of nitrogens with two attached hydrogens (primary N) is 1. The summed E-state index contributed by atoms with van der Waals surface area (Å²) in [5.74, 6) is -0.119. The van der Waals surface area contributed by atoms with Crippen molar-refractivity contribution in [2.45, 2.75) is 52.5 Å². The van der Waals surface area contributed by atoms with E-state index in [0.29, 0.717) is 32.5 Å². The SMILES string of the molecule is CCCC(C)(N)C(=O)NCCC(=O)N(CC)CC. The van der Waals surface area contributed by atoms with E-state index in [2.05, 4.69) is 5.32 Å². The zero-order chi connectivity index (χ0) is 14.2. The van der Waals surface area contributed by atoms with Gasteiger partial charge in [0.15, 0.2) is 0 Å². The van der Waals surface area contributed by atoms with Gasteiger partial charge >= 0.3 is 0 Å². The zero-order valence-electron chi connectivity index (χ0n) is 12.1. The fourth-order valence-electron chi connectivity index (χ4n) is 1.85. The van der Waals surface area contributed by atoms with Crippen LogP contribution in [0.2, 0.25) is 0 Å². The summed E-state index contributed by atoms with van der Waals surface area (Å²) in [6.45, 7) is 9.35. The summed E-state index contributed by atoms with van der Waals surface area (Å²) in [5.41, 5.74) is 5.05. The summed E-state index contributed by atoms with van der Waals surface area (Å²) in [6, 6.07) is 0. The van der Waals surface area contributed by atoms with E-state index in [1.807, 2.05) is 20.8 Å². The Bertz CT molecular complexity index is 273. The van der Waals surface area contributed by atoms with Crippen molar-refractivity contribution in [1.29, 1.82) is 0 Å². The number of nitrogens with one attached hydrogen (secondary N) is 1. The molecular weight excluding hydrogens is 230 g/mol. The van der Waals surface area contributed by atoms with Crippen LogP contribution >= 0.6 is 0 Å². The predicted octanol–water partition coefficient (Wildman–Crippen LogP) is 0.879. The molecule has 0 aromatic rings. The zero-order valence-corrected chi connectivity index (χ0v) is 12.1. The van der Waals surface area contributed by atoms with Crippen molar-refractivity contribution in [3.05, 3.63) is 0 Å². The van der Waals surface area contributed by atoms with Gasteiger partial charge in [0.05, 0.1) is 5.54 Å². The largest absolute Gasteiger partial charge is 0.354 e. The molecule has 0 radical (unpaired) electrons. The highest BCUT2D eigenvalue weighted by molar-refractivity contribution is 5.86. The van der Waals surface area contributed by atoms with E-state index in [4.69, 9.17) is 5.73 Å². The van der Waals surface area contributed by atoms with Crippen molar-refractivity contribution in [2.75, 3.05) is 19.6 Å². The molecule has 5 heteroatoms. The molecule has 0 fully saturated rings. The minimum atomic E-state index is -0.840. The second-order valence-corrected chi connectivity index (χ2v) is 4.74. The summed E-state index contributed by atoms with van der Waals surface area (Å²) < 4.78 is 0. The van der Waals surface area contributed by atoms with Crippen LogP contribution < -0.4 is 11.1 Å². The molecule has 2 amide bonds. The Hall–Kier alpha value is -1.10. The van der Waals surface area contributed by atoms with Crippen LogP contribution in [0, 0.1) is 0 Å². The van der Waals surface area contributed by atoms with E-state index in [1.54, 1.807) is 11.8 Å². The molecule has 5 nitrogen and oxygen atoms in total. The van der Waals surface area contributed by atoms with Gasteiger partial charge < -0.3 is 16.0 Å². The normalized spacial score (nSPS) is 13.8. The van der Waals surface area contributed by atoms with E-state index in [0.717, 1.165) is 6.42 Å². The molecule has 1 unspecified atom stereocenters. The summed E-state index contributed by atoms with van der Waals surface area (Å²) in [6.07, 6.45) is 1.83. The van der Waals surface area contributed by atoms with Crippen molar-refractivity contribution < 1.29 is 9.59 Å². The Morgan fingerprint density at radius 3 is 2.22 bits per heavy atom. The standard InChI is InChI=1S/C13H27N3O2/c1-5-9-13(4,14)12(18)15-10-8-11(17)16(6-2)7-3/h5-10,14H2,1-4H3,(H,15,18). The lowest BCUT2D eigenvalue weighted by atomic mass is 9.96. The minimum absolute atomic E-state index is 0.0644. The third-order valence-corrected chi connectivity index (χ3v) is 3.03. The minimum Gasteiger partial charge on any atom is -0.354 e. The maximum absolute atomic E-state index is 11.8. The number of hydrogen-bond acceptors (Lipinski definition) is 3. The molecule has 0 aliphatic carbocycles. The van der Waals surface area contributed by atoms with Crippen LogP contribution in [0.25, 0.3) is 0 Å². The Morgan fingerprint density at radius 1 is 1.22 bits per heavy atom. The van der Waals surface area contributed by atoms with Crippen LogP contribution in [0.5, 0.6) is 0 Å². The number of carbonyl (C=O) groups excluding carboxylic acids is 2. The van der Waals surface area contributed by atoms with Crippen LogP contribution in [0.3, 0.4) is 0 Å². The Morgan fingerprint density at radius 2 is 1.78 bits per heavy atom. The number of carbonyl (C=O) groups is 2. The highest BCUT2D eigenvalue weighted by Crippen LogP contribution is 2.08. The third-order valence-electron chi connectivity index (χ3n) is 3.03. The van der Waals surface area contributed by atoms with Gasteiger partial charge in [-0.25, -0.2) is 0 Å². The van der Waals surface area contributed by atoms with Gasteiger partial charge in [0.1, 0.15) is 0 Å². The first kappa shape index (κ1) is 16.9. The quantitative estimate of drug-likeness (QED) is 0.677. The topological polar surface area (TPSA) is 75.4 Å². The van der Waals surface area contributed by atoms with Gasteiger partial charge in [-0.15, -0.1) is 0 Å². The molecule has 0 saturated carbocycles. The van der Waals surface area contributed by atoms with Gasteiger partial charge in [-0.3, -0.25) is 9.59 Å². The monoisotopic (exact) mass is 257 g/mol. The third kappa shape index (κ3) is 5.49. The maximum atomic E-state index is 11.8. The number of hydrogen-bond donors (Lipinski definition) is 2. The first-order valence-electron chi connectivity index (χ1n) is 6.73. The first-order valence-corrected chi connectivity index (χ1v) is 6.73. The molecular formula is C13H27N3O2. The van der Waals surface area contributed by atoms with Crippen molar-refractivity contribution in [1.82, 2.24) is 10.2 Å². The Labute approximate surface area is 110 Å². The highest BCUT2D eigenvalue weighted by Gasteiger charge is 2.26. The molecule has 0 aliphatic heterocycles. The molecule has 1 atom stereocenters. The van der Waals surface area contributed by atoms with Crippen LogP contribution in [-0.4, -0.2) is 41.9 Å². The molecule has 0 rings (SSSR count). The molecule has 106 valence electrons. The average molecular weight is 257 g/mol. The highest BCUT2D eigenvalue weighted by atomic mass is 16.2. The van der Waals surface area contributed by atoms with Crippen molar-refractivity contribution in [2.24, 2.45) is 5.73 Å². The fourth-order valence-corrected chi connectivity index (χ4v) is 1.85. The van der Waals surface area contributed by atoms with Gasteiger partial charge in [-0.05, 0) is 27.2 Å². The number of nitrogens with zero attached hydrogens (tertiary/aromatic N) is 1. The maximum Gasteiger partial charge on any atom is 0.239 e. The Balaban J connectivity index is 4.05. The molecule has 0 heterocycles.